The molecule has 158 valence electrons. The average molecular weight is 432 g/mol. The smallest absolute Gasteiger partial charge is 0.258 e. The highest BCUT2D eigenvalue weighted by atomic mass is 32.2. The molecule has 0 saturated heterocycles. The number of nitrogens with zero attached hydrogens (tertiary/aromatic N) is 3. The lowest BCUT2D eigenvalue weighted by atomic mass is 9.98. The molecule has 0 fully saturated rings. The number of carbonyl (C=O) groups excluding carboxylic acids is 1. The summed E-state index contributed by atoms with van der Waals surface area (Å²) in [6.45, 7) is 0.224. The van der Waals surface area contributed by atoms with Crippen LogP contribution in [-0.2, 0) is 16.6 Å². The van der Waals surface area contributed by atoms with Gasteiger partial charge in [0.05, 0.1) is 17.5 Å². The summed E-state index contributed by atoms with van der Waals surface area (Å²) in [4.78, 5) is 18.8. The maximum atomic E-state index is 13.4. The van der Waals surface area contributed by atoms with Crippen LogP contribution >= 0.6 is 0 Å². The first-order chi connectivity index (χ1) is 14.1. The number of phenols is 1. The highest BCUT2D eigenvalue weighted by molar-refractivity contribution is 7.92. The minimum absolute atomic E-state index is 0.0263. The molecule has 2 aromatic rings. The van der Waals surface area contributed by atoms with Crippen LogP contribution in [0.25, 0.3) is 10.9 Å². The number of fused-ring (bicyclic) bond motifs is 2. The summed E-state index contributed by atoms with van der Waals surface area (Å²) in [5.41, 5.74) is 7.57. The molecule has 1 aliphatic carbocycles. The molecular weight excluding hydrogens is 411 g/mol. The summed E-state index contributed by atoms with van der Waals surface area (Å²) in [6, 6.07) is 2.73. The summed E-state index contributed by atoms with van der Waals surface area (Å²) in [6.07, 6.45) is 5.46. The number of halogens is 1. The number of hydrogen-bond donors (Lipinski definition) is 2. The fourth-order valence-electron chi connectivity index (χ4n) is 3.91. The number of nitrogens with two attached hydrogens (primary N) is 1. The van der Waals surface area contributed by atoms with E-state index in [2.05, 4.69) is 4.98 Å². The maximum Gasteiger partial charge on any atom is 0.258 e. The second-order valence-electron chi connectivity index (χ2n) is 7.51. The van der Waals surface area contributed by atoms with Gasteiger partial charge >= 0.3 is 0 Å². The van der Waals surface area contributed by atoms with Gasteiger partial charge in [0.2, 0.25) is 10.0 Å². The van der Waals surface area contributed by atoms with E-state index in [4.69, 9.17) is 5.73 Å². The number of hydrogen-bond acceptors (Lipinski definition) is 6. The third kappa shape index (κ3) is 3.21. The van der Waals surface area contributed by atoms with Crippen molar-refractivity contribution in [1.82, 2.24) is 9.88 Å². The first kappa shape index (κ1) is 20.3. The molecule has 4 rings (SSSR count). The van der Waals surface area contributed by atoms with Crippen molar-refractivity contribution in [3.8, 4) is 5.75 Å². The number of carbonyl (C=O) groups is 1. The van der Waals surface area contributed by atoms with Crippen molar-refractivity contribution in [2.45, 2.75) is 19.0 Å². The van der Waals surface area contributed by atoms with Gasteiger partial charge in [-0.25, -0.2) is 12.8 Å². The van der Waals surface area contributed by atoms with Crippen molar-refractivity contribution < 1.29 is 22.7 Å². The van der Waals surface area contributed by atoms with Gasteiger partial charge in [0, 0.05) is 49.7 Å². The molecule has 1 amide bonds. The minimum Gasteiger partial charge on any atom is -0.505 e. The van der Waals surface area contributed by atoms with Crippen LogP contribution in [-0.4, -0.2) is 55.2 Å². The number of sulfonamides is 1. The van der Waals surface area contributed by atoms with Crippen molar-refractivity contribution in [2.75, 3.05) is 24.2 Å². The van der Waals surface area contributed by atoms with Crippen molar-refractivity contribution >= 4 is 32.5 Å². The molecule has 1 aliphatic heterocycles. The normalized spacial score (nSPS) is 19.0. The Morgan fingerprint density at radius 3 is 2.80 bits per heavy atom. The van der Waals surface area contributed by atoms with Gasteiger partial charge in [-0.15, -0.1) is 0 Å². The van der Waals surface area contributed by atoms with Gasteiger partial charge in [0.25, 0.3) is 5.91 Å². The van der Waals surface area contributed by atoms with E-state index in [0.717, 1.165) is 10.6 Å². The average Bonchev–Trinajstić information content (AvgIpc) is 3.00. The van der Waals surface area contributed by atoms with E-state index in [1.54, 1.807) is 18.2 Å². The molecule has 1 unspecified atom stereocenters. The monoisotopic (exact) mass is 432 g/mol. The van der Waals surface area contributed by atoms with E-state index >= 15 is 0 Å². The molecule has 1 atom stereocenters. The summed E-state index contributed by atoms with van der Waals surface area (Å²) in [5, 5.41) is 11.2. The third-order valence-electron chi connectivity index (χ3n) is 5.52. The summed E-state index contributed by atoms with van der Waals surface area (Å²) in [5.74, 6) is -1.07. The number of anilines is 1. The molecule has 0 bridgehead atoms. The van der Waals surface area contributed by atoms with Gasteiger partial charge in [-0.3, -0.25) is 14.1 Å². The van der Waals surface area contributed by atoms with Crippen LogP contribution < -0.4 is 10.0 Å². The fourth-order valence-corrected chi connectivity index (χ4v) is 4.45. The zero-order valence-electron chi connectivity index (χ0n) is 16.5. The molecule has 2 heterocycles. The number of amides is 1. The number of phenolic OH excluding ortho intramolecular Hbond substituents is 1. The number of allylic oxidation sites excluding steroid dienone is 2. The lowest BCUT2D eigenvalue weighted by Gasteiger charge is -2.24. The Labute approximate surface area is 173 Å². The van der Waals surface area contributed by atoms with E-state index in [9.17, 15) is 22.7 Å². The highest BCUT2D eigenvalue weighted by Crippen LogP contribution is 2.44. The molecule has 30 heavy (non-hydrogen) atoms. The van der Waals surface area contributed by atoms with Crippen LogP contribution in [0.3, 0.4) is 0 Å². The Bertz CT molecular complexity index is 1240. The Kier molecular flexibility index (Phi) is 4.78. The topological polar surface area (TPSA) is 117 Å². The molecule has 1 aromatic heterocycles. The first-order valence-electron chi connectivity index (χ1n) is 9.26. The molecular formula is C20H21FN4O4S. The van der Waals surface area contributed by atoms with Gasteiger partial charge < -0.3 is 15.7 Å². The summed E-state index contributed by atoms with van der Waals surface area (Å²) < 4.78 is 39.1. The Morgan fingerprint density at radius 2 is 2.13 bits per heavy atom. The van der Waals surface area contributed by atoms with Gasteiger partial charge in [0.1, 0.15) is 11.3 Å². The Balaban J connectivity index is 1.85. The highest BCUT2D eigenvalue weighted by Gasteiger charge is 2.37. The quantitative estimate of drug-likeness (QED) is 0.761. The maximum absolute atomic E-state index is 13.4. The summed E-state index contributed by atoms with van der Waals surface area (Å²) in [7, 11) is -2.25. The van der Waals surface area contributed by atoms with Crippen molar-refractivity contribution in [1.29, 1.82) is 0 Å². The van der Waals surface area contributed by atoms with Crippen LogP contribution in [0.15, 0.2) is 41.9 Å². The number of benzene rings is 1. The van der Waals surface area contributed by atoms with E-state index in [1.165, 1.54) is 24.2 Å². The van der Waals surface area contributed by atoms with Crippen molar-refractivity contribution in [3.63, 3.8) is 0 Å². The van der Waals surface area contributed by atoms with E-state index in [0.29, 0.717) is 22.2 Å². The standard InChI is InChI=1S/C20H21FN4O4S/c1-24(30(2,28)29)18-13-4-3-7-23-17(13)19(26)16-14(18)10-25(20(16)27)9-11-5-6-12(21)8-15(11)22/h3-7,15,26H,8-10,22H2,1-2H3. The fraction of sp³-hybridized carbons (Fsp3) is 0.300. The Hall–Kier alpha value is -2.98. The first-order valence-corrected chi connectivity index (χ1v) is 11.1. The van der Waals surface area contributed by atoms with E-state index < -0.39 is 22.0 Å². The number of aromatic hydroxyl groups is 1. The van der Waals surface area contributed by atoms with Crippen LogP contribution in [0.5, 0.6) is 5.75 Å². The van der Waals surface area contributed by atoms with Gasteiger partial charge in [-0.1, -0.05) is 6.08 Å². The van der Waals surface area contributed by atoms with Crippen LogP contribution in [0, 0.1) is 0 Å². The molecule has 8 nitrogen and oxygen atoms in total. The third-order valence-corrected chi connectivity index (χ3v) is 6.69. The zero-order valence-corrected chi connectivity index (χ0v) is 17.3. The number of aromatic nitrogens is 1. The van der Waals surface area contributed by atoms with E-state index in [1.807, 2.05) is 0 Å². The van der Waals surface area contributed by atoms with E-state index in [-0.39, 0.29) is 42.2 Å². The second-order valence-corrected chi connectivity index (χ2v) is 9.52. The van der Waals surface area contributed by atoms with Crippen LogP contribution in [0.2, 0.25) is 0 Å². The number of pyridine rings is 1. The molecule has 0 radical (unpaired) electrons. The van der Waals surface area contributed by atoms with Gasteiger partial charge in [-0.05, 0) is 23.8 Å². The predicted octanol–water partition coefficient (Wildman–Crippen LogP) is 1.80. The lowest BCUT2D eigenvalue weighted by Crippen LogP contribution is -2.34. The van der Waals surface area contributed by atoms with Gasteiger partial charge in [0.15, 0.2) is 5.75 Å². The van der Waals surface area contributed by atoms with Gasteiger partial charge in [-0.2, -0.15) is 0 Å². The van der Waals surface area contributed by atoms with Crippen LogP contribution in [0.1, 0.15) is 22.3 Å². The van der Waals surface area contributed by atoms with Crippen molar-refractivity contribution in [3.05, 3.63) is 53.0 Å². The molecule has 10 heteroatoms. The second kappa shape index (κ2) is 7.06. The lowest BCUT2D eigenvalue weighted by molar-refractivity contribution is 0.0788. The predicted molar refractivity (Wildman–Crippen MR) is 111 cm³/mol. The SMILES string of the molecule is CN(c1c2c(c(O)c3ncccc13)C(=O)N(CC1=CC=C(F)CC1N)C2)S(C)(=O)=O. The van der Waals surface area contributed by atoms with Crippen molar-refractivity contribution in [2.24, 2.45) is 5.73 Å². The largest absolute Gasteiger partial charge is 0.505 e. The molecule has 2 aliphatic rings. The molecule has 3 N–H and O–H groups in total. The number of rotatable bonds is 4. The minimum atomic E-state index is -3.65. The molecule has 0 saturated carbocycles. The van der Waals surface area contributed by atoms with Crippen LogP contribution in [0.4, 0.5) is 10.1 Å². The summed E-state index contributed by atoms with van der Waals surface area (Å²) >= 11 is 0. The molecule has 1 aromatic carbocycles. The Morgan fingerprint density at radius 1 is 1.40 bits per heavy atom. The molecule has 0 spiro atoms. The zero-order chi connectivity index (χ0) is 21.8.